The van der Waals surface area contributed by atoms with E-state index in [4.69, 9.17) is 0 Å². The van der Waals surface area contributed by atoms with E-state index >= 15 is 0 Å². The van der Waals surface area contributed by atoms with Crippen LogP contribution in [0.3, 0.4) is 0 Å². The molecule has 0 bridgehead atoms. The molecule has 0 saturated heterocycles. The maximum absolute atomic E-state index is 12.7. The van der Waals surface area contributed by atoms with Crippen molar-refractivity contribution in [1.82, 2.24) is 4.98 Å². The van der Waals surface area contributed by atoms with Gasteiger partial charge in [-0.1, -0.05) is 0 Å². The van der Waals surface area contributed by atoms with Crippen LogP contribution in [0.4, 0.5) is 27.6 Å². The molecule has 1 aromatic rings. The van der Waals surface area contributed by atoms with Crippen LogP contribution in [0.5, 0.6) is 5.88 Å². The van der Waals surface area contributed by atoms with Gasteiger partial charge in [-0.2, -0.15) is 0 Å². The van der Waals surface area contributed by atoms with E-state index in [1.807, 2.05) is 0 Å². The molecular formula is C10H7F5N2O5. The minimum atomic E-state index is -5.34. The van der Waals surface area contributed by atoms with E-state index in [-0.39, 0.29) is 6.07 Å². The summed E-state index contributed by atoms with van der Waals surface area (Å²) in [5, 5.41) is 10.8. The Morgan fingerprint density at radius 3 is 2.45 bits per heavy atom. The van der Waals surface area contributed by atoms with Crippen LogP contribution in [0.25, 0.3) is 0 Å². The first-order valence-electron chi connectivity index (χ1n) is 5.34. The topological polar surface area (TPSA) is 91.6 Å². The van der Waals surface area contributed by atoms with E-state index in [0.29, 0.717) is 0 Å². The molecule has 0 atom stereocenters. The second-order valence-corrected chi connectivity index (χ2v) is 3.71. The number of carbonyl (C=O) groups excluding carboxylic acids is 1. The quantitative estimate of drug-likeness (QED) is 0.357. The Morgan fingerprint density at radius 2 is 2.05 bits per heavy atom. The van der Waals surface area contributed by atoms with Gasteiger partial charge in [0.15, 0.2) is 0 Å². The van der Waals surface area contributed by atoms with Crippen molar-refractivity contribution in [3.05, 3.63) is 27.4 Å². The zero-order valence-electron chi connectivity index (χ0n) is 10.7. The minimum absolute atomic E-state index is 0.178. The second-order valence-electron chi connectivity index (χ2n) is 3.71. The molecular weight excluding hydrogens is 323 g/mol. The summed E-state index contributed by atoms with van der Waals surface area (Å²) >= 11 is 0. The smallest absolute Gasteiger partial charge is 0.469 e. The molecule has 122 valence electrons. The van der Waals surface area contributed by atoms with Gasteiger partial charge in [0.25, 0.3) is 12.1 Å². The predicted octanol–water partition coefficient (Wildman–Crippen LogP) is 2.54. The molecule has 0 amide bonds. The molecule has 0 aromatic carbocycles. The fourth-order valence-electron chi connectivity index (χ4n) is 1.38. The summed E-state index contributed by atoms with van der Waals surface area (Å²) in [6.45, 7) is 0. The molecule has 22 heavy (non-hydrogen) atoms. The fraction of sp³-hybridized carbons (Fsp3) is 0.400. The van der Waals surface area contributed by atoms with Crippen LogP contribution in [0, 0.1) is 10.1 Å². The first kappa shape index (κ1) is 17.5. The van der Waals surface area contributed by atoms with Crippen molar-refractivity contribution in [3.63, 3.8) is 0 Å². The Balaban J connectivity index is 3.44. The summed E-state index contributed by atoms with van der Waals surface area (Å²) in [5.41, 5.74) is -3.26. The molecule has 12 heteroatoms. The summed E-state index contributed by atoms with van der Waals surface area (Å²) < 4.78 is 69.4. The highest BCUT2D eigenvalue weighted by Gasteiger charge is 2.36. The highest BCUT2D eigenvalue weighted by molar-refractivity contribution is 5.73. The third-order valence-corrected chi connectivity index (χ3v) is 2.25. The lowest BCUT2D eigenvalue weighted by molar-refractivity contribution is -0.386. The Hall–Kier alpha value is -2.53. The Bertz CT molecular complexity index is 590. The lowest BCUT2D eigenvalue weighted by atomic mass is 10.1. The number of halogens is 5. The molecule has 0 fully saturated rings. The zero-order valence-corrected chi connectivity index (χ0v) is 10.7. The Kier molecular flexibility index (Phi) is 5.17. The summed E-state index contributed by atoms with van der Waals surface area (Å²) in [7, 11) is 0.925. The molecule has 1 aromatic heterocycles. The van der Waals surface area contributed by atoms with Gasteiger partial charge in [-0.3, -0.25) is 14.9 Å². The normalized spacial score (nSPS) is 11.4. The lowest BCUT2D eigenvalue weighted by Gasteiger charge is -2.13. The third-order valence-electron chi connectivity index (χ3n) is 2.25. The van der Waals surface area contributed by atoms with Crippen molar-refractivity contribution in [1.29, 1.82) is 0 Å². The van der Waals surface area contributed by atoms with Gasteiger partial charge < -0.3 is 9.47 Å². The van der Waals surface area contributed by atoms with Crippen molar-refractivity contribution in [2.24, 2.45) is 0 Å². The summed E-state index contributed by atoms with van der Waals surface area (Å²) in [4.78, 5) is 23.7. The first-order valence-corrected chi connectivity index (χ1v) is 5.34. The van der Waals surface area contributed by atoms with Crippen molar-refractivity contribution in [2.75, 3.05) is 7.11 Å². The number of hydrogen-bond donors (Lipinski definition) is 0. The van der Waals surface area contributed by atoms with E-state index in [1.54, 1.807) is 0 Å². The zero-order chi connectivity index (χ0) is 17.1. The maximum atomic E-state index is 12.7. The monoisotopic (exact) mass is 330 g/mol. The highest BCUT2D eigenvalue weighted by Crippen LogP contribution is 2.35. The van der Waals surface area contributed by atoms with Crippen LogP contribution in [-0.4, -0.2) is 29.3 Å². The molecule has 0 aliphatic rings. The second kappa shape index (κ2) is 6.49. The first-order chi connectivity index (χ1) is 10.0. The van der Waals surface area contributed by atoms with E-state index in [1.165, 1.54) is 0 Å². The average Bonchev–Trinajstić information content (AvgIpc) is 2.35. The molecule has 0 saturated carbocycles. The third kappa shape index (κ3) is 4.49. The number of alkyl halides is 5. The molecule has 0 unspecified atom stereocenters. The molecule has 0 aliphatic carbocycles. The highest BCUT2D eigenvalue weighted by atomic mass is 19.4. The number of nitro groups is 1. The molecule has 0 radical (unpaired) electrons. The van der Waals surface area contributed by atoms with Crippen LogP contribution in [0.1, 0.15) is 17.7 Å². The van der Waals surface area contributed by atoms with Crippen molar-refractivity contribution in [2.45, 2.75) is 19.2 Å². The number of hydrogen-bond acceptors (Lipinski definition) is 6. The van der Waals surface area contributed by atoms with E-state index < -0.39 is 52.9 Å². The molecule has 0 spiro atoms. The van der Waals surface area contributed by atoms with Gasteiger partial charge in [0.1, 0.15) is 5.69 Å². The number of pyridine rings is 1. The number of rotatable bonds is 5. The number of ether oxygens (including phenoxy) is 2. The van der Waals surface area contributed by atoms with Crippen molar-refractivity contribution in [3.8, 4) is 5.88 Å². The van der Waals surface area contributed by atoms with Crippen LogP contribution in [0.15, 0.2) is 6.07 Å². The molecule has 1 heterocycles. The Morgan fingerprint density at radius 1 is 1.45 bits per heavy atom. The number of esters is 1. The summed E-state index contributed by atoms with van der Waals surface area (Å²) in [6, 6.07) is 0.178. The van der Waals surface area contributed by atoms with Crippen LogP contribution in [0.2, 0.25) is 0 Å². The average molecular weight is 330 g/mol. The van der Waals surface area contributed by atoms with Crippen molar-refractivity contribution < 1.29 is 41.1 Å². The lowest BCUT2D eigenvalue weighted by Crippen LogP contribution is -2.20. The number of carbonyl (C=O) groups is 1. The van der Waals surface area contributed by atoms with Gasteiger partial charge in [0.2, 0.25) is 5.88 Å². The number of methoxy groups -OCH3 is 1. The number of aromatic nitrogens is 1. The van der Waals surface area contributed by atoms with Gasteiger partial charge in [-0.05, 0) is 0 Å². The van der Waals surface area contributed by atoms with Gasteiger partial charge in [-0.25, -0.2) is 13.8 Å². The van der Waals surface area contributed by atoms with Gasteiger partial charge in [-0.15, -0.1) is 13.2 Å². The van der Waals surface area contributed by atoms with Crippen LogP contribution in [-0.2, 0) is 16.0 Å². The van der Waals surface area contributed by atoms with Crippen LogP contribution >= 0.6 is 0 Å². The minimum Gasteiger partial charge on any atom is -0.469 e. The fourth-order valence-corrected chi connectivity index (χ4v) is 1.38. The SMILES string of the molecule is COC(=O)Cc1nc(OC(F)(F)F)c(C(F)F)cc1[N+](=O)[O-]. The van der Waals surface area contributed by atoms with Gasteiger partial charge >= 0.3 is 12.3 Å². The molecule has 7 nitrogen and oxygen atoms in total. The summed E-state index contributed by atoms with van der Waals surface area (Å²) in [6.07, 6.45) is -9.73. The van der Waals surface area contributed by atoms with E-state index in [9.17, 15) is 36.9 Å². The molecule has 0 aliphatic heterocycles. The van der Waals surface area contributed by atoms with Crippen molar-refractivity contribution >= 4 is 11.7 Å². The van der Waals surface area contributed by atoms with Gasteiger partial charge in [0.05, 0.1) is 24.0 Å². The van der Waals surface area contributed by atoms with Gasteiger partial charge in [0, 0.05) is 6.07 Å². The number of nitrogens with zero attached hydrogens (tertiary/aromatic N) is 2. The largest absolute Gasteiger partial charge is 0.574 e. The van der Waals surface area contributed by atoms with Crippen LogP contribution < -0.4 is 4.74 Å². The predicted molar refractivity (Wildman–Crippen MR) is 58.3 cm³/mol. The van der Waals surface area contributed by atoms with E-state index in [2.05, 4.69) is 14.5 Å². The summed E-state index contributed by atoms with van der Waals surface area (Å²) in [5.74, 6) is -2.62. The molecule has 1 rings (SSSR count). The maximum Gasteiger partial charge on any atom is 0.574 e. The standard InChI is InChI=1S/C10H7F5N2O5/c1-21-7(18)3-5-6(17(19)20)2-4(8(11)12)9(16-5)22-10(13,14)15/h2,8H,3H2,1H3. The molecule has 0 N–H and O–H groups in total. The van der Waals surface area contributed by atoms with E-state index in [0.717, 1.165) is 7.11 Å². The Labute approximate surface area is 118 Å².